The van der Waals surface area contributed by atoms with Gasteiger partial charge in [0.1, 0.15) is 18.3 Å². The first-order chi connectivity index (χ1) is 14.2. The van der Waals surface area contributed by atoms with Gasteiger partial charge in [-0.1, -0.05) is 91.0 Å². The minimum Gasteiger partial charge on any atom is -0.466 e. The molecular weight excluding hydrogens is 364 g/mol. The molecule has 0 heterocycles. The molecule has 3 rings (SSSR count). The minimum absolute atomic E-state index is 0.464. The highest BCUT2D eigenvalue weighted by molar-refractivity contribution is 5.81. The lowest BCUT2D eigenvalue weighted by Crippen LogP contribution is -2.17. The highest BCUT2D eigenvalue weighted by Crippen LogP contribution is 2.36. The number of benzene rings is 3. The molecule has 0 amide bonds. The molecule has 0 aromatic heterocycles. The van der Waals surface area contributed by atoms with Gasteiger partial charge >= 0.3 is 5.97 Å². The number of hydrogen-bond acceptors (Lipinski definition) is 4. The van der Waals surface area contributed by atoms with Crippen molar-refractivity contribution in [2.24, 2.45) is 0 Å². The van der Waals surface area contributed by atoms with Crippen LogP contribution in [-0.4, -0.2) is 18.2 Å². The largest absolute Gasteiger partial charge is 0.466 e. The number of rotatable bonds is 8. The molecule has 0 bridgehead atoms. The van der Waals surface area contributed by atoms with Crippen LogP contribution in [0.25, 0.3) is 0 Å². The van der Waals surface area contributed by atoms with Gasteiger partial charge < -0.3 is 14.6 Å². The molecule has 0 fully saturated rings. The first-order valence-electron chi connectivity index (χ1n) is 9.43. The second-order valence-electron chi connectivity index (χ2n) is 6.54. The van der Waals surface area contributed by atoms with Crippen LogP contribution in [0.2, 0.25) is 0 Å². The summed E-state index contributed by atoms with van der Waals surface area (Å²) in [4.78, 5) is 11.6. The lowest BCUT2D eigenvalue weighted by molar-refractivity contribution is -0.135. The highest BCUT2D eigenvalue weighted by atomic mass is 16.5. The smallest absolute Gasteiger partial charge is 0.330 e. The van der Waals surface area contributed by atoms with Gasteiger partial charge in [0.25, 0.3) is 0 Å². The molecule has 3 aromatic carbocycles. The number of ether oxygens (including phenoxy) is 2. The Hall–Kier alpha value is -3.21. The first kappa shape index (κ1) is 20.5. The van der Waals surface area contributed by atoms with E-state index in [1.807, 2.05) is 91.0 Å². The van der Waals surface area contributed by atoms with Crippen molar-refractivity contribution in [2.45, 2.75) is 18.3 Å². The van der Waals surface area contributed by atoms with Crippen molar-refractivity contribution < 1.29 is 19.4 Å². The van der Waals surface area contributed by atoms with Crippen molar-refractivity contribution in [2.75, 3.05) is 7.11 Å². The second-order valence-corrected chi connectivity index (χ2v) is 6.54. The summed E-state index contributed by atoms with van der Waals surface area (Å²) in [7, 11) is 1.33. The van der Waals surface area contributed by atoms with Gasteiger partial charge in [0, 0.05) is 6.08 Å². The van der Waals surface area contributed by atoms with Gasteiger partial charge in [-0.15, -0.1) is 0 Å². The van der Waals surface area contributed by atoms with Crippen LogP contribution in [0.15, 0.2) is 103 Å². The van der Waals surface area contributed by atoms with Crippen molar-refractivity contribution in [1.29, 1.82) is 0 Å². The summed E-state index contributed by atoms with van der Waals surface area (Å²) < 4.78 is 11.1. The van der Waals surface area contributed by atoms with Crippen LogP contribution >= 0.6 is 0 Å². The maximum atomic E-state index is 11.6. The molecule has 0 aliphatic heterocycles. The fourth-order valence-electron chi connectivity index (χ4n) is 3.07. The van der Waals surface area contributed by atoms with E-state index in [0.29, 0.717) is 0 Å². The third kappa shape index (κ3) is 5.64. The van der Waals surface area contributed by atoms with Crippen LogP contribution in [-0.2, 0) is 14.3 Å². The molecule has 148 valence electrons. The number of carbonyl (C=O) groups excluding carboxylic acids is 1. The van der Waals surface area contributed by atoms with Gasteiger partial charge in [0.2, 0.25) is 0 Å². The standard InChI is InChI=1S/C25H24O4/c1-28-23(26)18-17-22(19-11-5-2-6-12-19)29-25(21-15-9-4-10-16-21)24(27)20-13-7-3-8-14-20/h2-18,22,24-25,27H,1H3/b18-17+/t22-,24-,25-/m1/s1. The molecule has 0 aliphatic carbocycles. The predicted octanol–water partition coefficient (Wildman–Crippen LogP) is 4.95. The zero-order chi connectivity index (χ0) is 20.5. The molecule has 4 heteroatoms. The van der Waals surface area contributed by atoms with Crippen LogP contribution in [0, 0.1) is 0 Å². The fraction of sp³-hybridized carbons (Fsp3) is 0.160. The van der Waals surface area contributed by atoms with E-state index in [0.717, 1.165) is 16.7 Å². The quantitative estimate of drug-likeness (QED) is 0.438. The van der Waals surface area contributed by atoms with Gasteiger partial charge in [-0.3, -0.25) is 0 Å². The molecule has 0 unspecified atom stereocenters. The normalized spacial score (nSPS) is 14.3. The van der Waals surface area contributed by atoms with Crippen molar-refractivity contribution in [3.63, 3.8) is 0 Å². The van der Waals surface area contributed by atoms with Gasteiger partial charge in [-0.2, -0.15) is 0 Å². The molecule has 3 aromatic rings. The Morgan fingerprint density at radius 2 is 1.28 bits per heavy atom. The molecule has 0 spiro atoms. The summed E-state index contributed by atoms with van der Waals surface area (Å²) in [5.41, 5.74) is 2.47. The second kappa shape index (κ2) is 10.4. The third-order valence-corrected chi connectivity index (χ3v) is 4.59. The maximum absolute atomic E-state index is 11.6. The Bertz CT molecular complexity index is 907. The van der Waals surface area contributed by atoms with E-state index in [-0.39, 0.29) is 0 Å². The Kier molecular flexibility index (Phi) is 7.34. The monoisotopic (exact) mass is 388 g/mol. The van der Waals surface area contributed by atoms with Gasteiger partial charge in [-0.25, -0.2) is 4.79 Å². The summed E-state index contributed by atoms with van der Waals surface area (Å²) >= 11 is 0. The van der Waals surface area contributed by atoms with Crippen LogP contribution in [0.5, 0.6) is 0 Å². The van der Waals surface area contributed by atoms with Crippen molar-refractivity contribution in [3.8, 4) is 0 Å². The minimum atomic E-state index is -0.878. The zero-order valence-corrected chi connectivity index (χ0v) is 16.2. The summed E-state index contributed by atoms with van der Waals surface area (Å²) in [5, 5.41) is 11.1. The van der Waals surface area contributed by atoms with Crippen molar-refractivity contribution >= 4 is 5.97 Å². The van der Waals surface area contributed by atoms with Crippen LogP contribution in [0.3, 0.4) is 0 Å². The average Bonchev–Trinajstić information content (AvgIpc) is 2.80. The number of aliphatic hydroxyl groups excluding tert-OH is 1. The topological polar surface area (TPSA) is 55.8 Å². The molecule has 0 saturated heterocycles. The van der Waals surface area contributed by atoms with E-state index in [1.165, 1.54) is 13.2 Å². The number of aliphatic hydroxyl groups is 1. The average molecular weight is 388 g/mol. The summed E-state index contributed by atoms with van der Waals surface area (Å²) in [6.07, 6.45) is 0.935. The lowest BCUT2D eigenvalue weighted by atomic mass is 9.97. The zero-order valence-electron chi connectivity index (χ0n) is 16.2. The first-order valence-corrected chi connectivity index (χ1v) is 9.43. The van der Waals surface area contributed by atoms with Gasteiger partial charge in [0.15, 0.2) is 0 Å². The van der Waals surface area contributed by atoms with E-state index >= 15 is 0 Å². The Morgan fingerprint density at radius 1 is 0.793 bits per heavy atom. The Labute approximate surface area is 171 Å². The van der Waals surface area contributed by atoms with Gasteiger partial charge in [0.05, 0.1) is 7.11 Å². The number of hydrogen-bond donors (Lipinski definition) is 1. The van der Waals surface area contributed by atoms with Crippen LogP contribution in [0.1, 0.15) is 35.0 Å². The van der Waals surface area contributed by atoms with E-state index in [2.05, 4.69) is 0 Å². The van der Waals surface area contributed by atoms with E-state index in [9.17, 15) is 9.90 Å². The lowest BCUT2D eigenvalue weighted by Gasteiger charge is -2.28. The SMILES string of the molecule is COC(=O)/C=C/[C@@H](O[C@H](c1ccccc1)[C@H](O)c1ccccc1)c1ccccc1. The van der Waals surface area contributed by atoms with Crippen LogP contribution < -0.4 is 0 Å². The van der Waals surface area contributed by atoms with E-state index in [1.54, 1.807) is 6.08 Å². The molecule has 0 aliphatic rings. The maximum Gasteiger partial charge on any atom is 0.330 e. The summed E-state index contributed by atoms with van der Waals surface area (Å²) in [6, 6.07) is 28.5. The Morgan fingerprint density at radius 3 is 1.79 bits per heavy atom. The number of esters is 1. The summed E-state index contributed by atoms with van der Waals surface area (Å²) in [5.74, 6) is -0.464. The molecule has 3 atom stereocenters. The number of carbonyl (C=O) groups is 1. The Balaban J connectivity index is 1.96. The van der Waals surface area contributed by atoms with Crippen molar-refractivity contribution in [1.82, 2.24) is 0 Å². The van der Waals surface area contributed by atoms with E-state index in [4.69, 9.17) is 9.47 Å². The number of methoxy groups -OCH3 is 1. The fourth-order valence-corrected chi connectivity index (χ4v) is 3.07. The molecule has 0 saturated carbocycles. The molecular formula is C25H24O4. The van der Waals surface area contributed by atoms with Crippen LogP contribution in [0.4, 0.5) is 0 Å². The van der Waals surface area contributed by atoms with Crippen molar-refractivity contribution in [3.05, 3.63) is 120 Å². The molecule has 1 N–H and O–H groups in total. The predicted molar refractivity (Wildman–Crippen MR) is 112 cm³/mol. The third-order valence-electron chi connectivity index (χ3n) is 4.59. The molecule has 0 radical (unpaired) electrons. The summed E-state index contributed by atoms with van der Waals surface area (Å²) in [6.45, 7) is 0. The van der Waals surface area contributed by atoms with E-state index < -0.39 is 24.3 Å². The molecule has 29 heavy (non-hydrogen) atoms. The highest BCUT2D eigenvalue weighted by Gasteiger charge is 2.27. The molecule has 4 nitrogen and oxygen atoms in total. The van der Waals surface area contributed by atoms with Gasteiger partial charge in [-0.05, 0) is 22.8 Å².